The highest BCUT2D eigenvalue weighted by atomic mass is 35.5. The fraction of sp³-hybridized carbons (Fsp3) is 0.375. The summed E-state index contributed by atoms with van der Waals surface area (Å²) in [5, 5.41) is 19.9. The summed E-state index contributed by atoms with van der Waals surface area (Å²) in [6, 6.07) is 6.37. The highest BCUT2D eigenvalue weighted by Gasteiger charge is 2.30. The van der Waals surface area contributed by atoms with E-state index in [1.54, 1.807) is 42.2 Å². The number of hydrogen-bond donors (Lipinski definition) is 4. The minimum atomic E-state index is -0.357. The van der Waals surface area contributed by atoms with Crippen molar-refractivity contribution in [3.05, 3.63) is 41.2 Å². The number of carbonyl (C=O) groups excluding carboxylic acids is 2. The lowest BCUT2D eigenvalue weighted by atomic mass is 10.1. The number of nitrogens with one attached hydrogen (secondary N) is 4. The van der Waals surface area contributed by atoms with Crippen molar-refractivity contribution in [2.45, 2.75) is 25.0 Å². The third-order valence-corrected chi connectivity index (χ3v) is 4.35. The standard InChI is InChI=1S/C16H20ClN7O2/c1-18-15(25)14-6-13(8-19-14)24-9-12(22-23-24)7-20-16(26)21-11-4-2-3-10(17)5-11/h2-5,9,13-14,19H,6-8H2,1H3,(H,18,25)(H2,20,21,26). The topological polar surface area (TPSA) is 113 Å². The van der Waals surface area contributed by atoms with Crippen LogP contribution in [0, 0.1) is 0 Å². The molecule has 1 aromatic carbocycles. The largest absolute Gasteiger partial charge is 0.358 e. The molecule has 138 valence electrons. The Balaban J connectivity index is 1.49. The third-order valence-electron chi connectivity index (χ3n) is 4.11. The van der Waals surface area contributed by atoms with Crippen molar-refractivity contribution in [2.24, 2.45) is 0 Å². The smallest absolute Gasteiger partial charge is 0.319 e. The van der Waals surface area contributed by atoms with Crippen LogP contribution in [-0.4, -0.2) is 46.6 Å². The van der Waals surface area contributed by atoms with Crippen LogP contribution in [0.1, 0.15) is 18.2 Å². The second-order valence-corrected chi connectivity index (χ2v) is 6.41. The summed E-state index contributed by atoms with van der Waals surface area (Å²) in [6.45, 7) is 0.884. The summed E-state index contributed by atoms with van der Waals surface area (Å²) in [4.78, 5) is 23.6. The first-order valence-electron chi connectivity index (χ1n) is 8.21. The molecular formula is C16H20ClN7O2. The molecule has 10 heteroatoms. The Labute approximate surface area is 155 Å². The average molecular weight is 378 g/mol. The van der Waals surface area contributed by atoms with Crippen molar-refractivity contribution in [3.8, 4) is 0 Å². The molecule has 1 fully saturated rings. The van der Waals surface area contributed by atoms with Crippen LogP contribution in [0.5, 0.6) is 0 Å². The molecule has 2 heterocycles. The Hall–Kier alpha value is -2.65. The first-order chi connectivity index (χ1) is 12.5. The number of likely N-dealkylation sites (N-methyl/N-ethyl adjacent to an activating group) is 1. The van der Waals surface area contributed by atoms with E-state index in [0.29, 0.717) is 29.4 Å². The molecule has 26 heavy (non-hydrogen) atoms. The number of carbonyl (C=O) groups is 2. The van der Waals surface area contributed by atoms with E-state index in [0.717, 1.165) is 0 Å². The summed E-state index contributed by atoms with van der Waals surface area (Å²) < 4.78 is 1.72. The van der Waals surface area contributed by atoms with E-state index in [1.807, 2.05) is 0 Å². The van der Waals surface area contributed by atoms with E-state index < -0.39 is 0 Å². The fourth-order valence-corrected chi connectivity index (χ4v) is 2.97. The Kier molecular flexibility index (Phi) is 5.69. The number of hydrogen-bond acceptors (Lipinski definition) is 5. The minimum absolute atomic E-state index is 0.0350. The molecule has 1 aliphatic rings. The molecule has 2 atom stereocenters. The van der Waals surface area contributed by atoms with Crippen molar-refractivity contribution in [3.63, 3.8) is 0 Å². The summed E-state index contributed by atoms with van der Waals surface area (Å²) in [7, 11) is 1.62. The van der Waals surface area contributed by atoms with Gasteiger partial charge >= 0.3 is 6.03 Å². The second-order valence-electron chi connectivity index (χ2n) is 5.97. The summed E-state index contributed by atoms with van der Waals surface area (Å²) in [6.07, 6.45) is 2.42. The Morgan fingerprint density at radius 1 is 1.42 bits per heavy atom. The summed E-state index contributed by atoms with van der Waals surface area (Å²) >= 11 is 5.88. The minimum Gasteiger partial charge on any atom is -0.358 e. The van der Waals surface area contributed by atoms with Crippen LogP contribution >= 0.6 is 11.6 Å². The maximum absolute atomic E-state index is 11.9. The number of benzene rings is 1. The average Bonchev–Trinajstić information content (AvgIpc) is 3.28. The van der Waals surface area contributed by atoms with Crippen molar-refractivity contribution in [1.82, 2.24) is 30.9 Å². The molecule has 0 aliphatic carbocycles. The summed E-state index contributed by atoms with van der Waals surface area (Å²) in [5.74, 6) is -0.0350. The summed E-state index contributed by atoms with van der Waals surface area (Å²) in [5.41, 5.74) is 1.24. The molecule has 0 saturated carbocycles. The fourth-order valence-electron chi connectivity index (χ4n) is 2.78. The van der Waals surface area contributed by atoms with Gasteiger partial charge in [-0.15, -0.1) is 5.10 Å². The van der Waals surface area contributed by atoms with Crippen LogP contribution in [0.3, 0.4) is 0 Å². The molecule has 2 unspecified atom stereocenters. The van der Waals surface area contributed by atoms with Gasteiger partial charge in [0.15, 0.2) is 0 Å². The molecule has 3 amide bonds. The van der Waals surface area contributed by atoms with Crippen LogP contribution in [0.15, 0.2) is 30.5 Å². The van der Waals surface area contributed by atoms with Gasteiger partial charge in [0.05, 0.1) is 24.8 Å². The third kappa shape index (κ3) is 4.50. The van der Waals surface area contributed by atoms with Crippen LogP contribution in [0.4, 0.5) is 10.5 Å². The van der Waals surface area contributed by atoms with E-state index in [4.69, 9.17) is 11.6 Å². The molecule has 2 aromatic rings. The zero-order valence-corrected chi connectivity index (χ0v) is 15.0. The van der Waals surface area contributed by atoms with E-state index >= 15 is 0 Å². The van der Waals surface area contributed by atoms with Gasteiger partial charge in [0.1, 0.15) is 5.69 Å². The first kappa shape index (κ1) is 18.2. The van der Waals surface area contributed by atoms with Crippen LogP contribution in [0.2, 0.25) is 5.02 Å². The van der Waals surface area contributed by atoms with Gasteiger partial charge in [0, 0.05) is 24.3 Å². The van der Waals surface area contributed by atoms with Crippen molar-refractivity contribution in [2.75, 3.05) is 18.9 Å². The van der Waals surface area contributed by atoms with Crippen LogP contribution in [0.25, 0.3) is 0 Å². The SMILES string of the molecule is CNC(=O)C1CC(n2cc(CNC(=O)Nc3cccc(Cl)c3)nn2)CN1. The molecule has 0 bridgehead atoms. The molecule has 3 rings (SSSR count). The highest BCUT2D eigenvalue weighted by molar-refractivity contribution is 6.30. The zero-order chi connectivity index (χ0) is 18.5. The van der Waals surface area contributed by atoms with Crippen molar-refractivity contribution in [1.29, 1.82) is 0 Å². The predicted octanol–water partition coefficient (Wildman–Crippen LogP) is 0.902. The molecule has 0 radical (unpaired) electrons. The van der Waals surface area contributed by atoms with Crippen molar-refractivity contribution >= 4 is 29.2 Å². The normalized spacial score (nSPS) is 19.2. The Morgan fingerprint density at radius 2 is 2.27 bits per heavy atom. The lowest BCUT2D eigenvalue weighted by Gasteiger charge is -2.09. The van der Waals surface area contributed by atoms with Gasteiger partial charge in [-0.25, -0.2) is 9.48 Å². The quantitative estimate of drug-likeness (QED) is 0.618. The van der Waals surface area contributed by atoms with Gasteiger partial charge in [-0.05, 0) is 24.6 Å². The highest BCUT2D eigenvalue weighted by Crippen LogP contribution is 2.19. The van der Waals surface area contributed by atoms with E-state index in [1.165, 1.54) is 0 Å². The number of nitrogens with zero attached hydrogens (tertiary/aromatic N) is 3. The number of aromatic nitrogens is 3. The zero-order valence-electron chi connectivity index (χ0n) is 14.2. The number of amides is 3. The predicted molar refractivity (Wildman–Crippen MR) is 96.8 cm³/mol. The molecule has 4 N–H and O–H groups in total. The molecular weight excluding hydrogens is 358 g/mol. The van der Waals surface area contributed by atoms with Crippen LogP contribution in [-0.2, 0) is 11.3 Å². The van der Waals surface area contributed by atoms with Crippen molar-refractivity contribution < 1.29 is 9.59 Å². The lowest BCUT2D eigenvalue weighted by Crippen LogP contribution is -2.38. The second kappa shape index (κ2) is 8.15. The molecule has 0 spiro atoms. The lowest BCUT2D eigenvalue weighted by molar-refractivity contribution is -0.122. The first-order valence-corrected chi connectivity index (χ1v) is 8.59. The van der Waals surface area contributed by atoms with Crippen LogP contribution < -0.4 is 21.3 Å². The number of urea groups is 1. The Morgan fingerprint density at radius 3 is 3.04 bits per heavy atom. The van der Waals surface area contributed by atoms with E-state index in [9.17, 15) is 9.59 Å². The van der Waals surface area contributed by atoms with Gasteiger partial charge in [-0.2, -0.15) is 0 Å². The van der Waals surface area contributed by atoms with Gasteiger partial charge in [-0.1, -0.05) is 22.9 Å². The number of anilines is 1. The molecule has 9 nitrogen and oxygen atoms in total. The molecule has 1 aliphatic heterocycles. The molecule has 1 aromatic heterocycles. The monoisotopic (exact) mass is 377 g/mol. The Bertz CT molecular complexity index is 794. The van der Waals surface area contributed by atoms with Gasteiger partial charge < -0.3 is 21.3 Å². The van der Waals surface area contributed by atoms with E-state index in [2.05, 4.69) is 31.6 Å². The maximum Gasteiger partial charge on any atom is 0.319 e. The van der Waals surface area contributed by atoms with E-state index in [-0.39, 0.29) is 30.6 Å². The number of rotatable bonds is 5. The van der Waals surface area contributed by atoms with Gasteiger partial charge in [-0.3, -0.25) is 4.79 Å². The molecule has 1 saturated heterocycles. The van der Waals surface area contributed by atoms with Gasteiger partial charge in [0.25, 0.3) is 0 Å². The van der Waals surface area contributed by atoms with Gasteiger partial charge in [0.2, 0.25) is 5.91 Å². The number of halogens is 1. The maximum atomic E-state index is 11.9.